The number of anilines is 1. The van der Waals surface area contributed by atoms with Gasteiger partial charge in [-0.25, -0.2) is 0 Å². The van der Waals surface area contributed by atoms with Crippen LogP contribution in [0, 0.1) is 5.92 Å². The molecule has 2 fully saturated rings. The second-order valence-corrected chi connectivity index (χ2v) is 7.92. The number of likely N-dealkylation sites (tertiary alicyclic amines) is 1. The van der Waals surface area contributed by atoms with Crippen molar-refractivity contribution >= 4 is 23.4 Å². The molecule has 2 aliphatic rings. The molecule has 0 saturated carbocycles. The molecule has 1 unspecified atom stereocenters. The number of benzene rings is 1. The monoisotopic (exact) mass is 425 g/mol. The zero-order valence-electron chi connectivity index (χ0n) is 17.3. The highest BCUT2D eigenvalue weighted by Crippen LogP contribution is 2.23. The van der Waals surface area contributed by atoms with E-state index in [4.69, 9.17) is 9.15 Å². The molecule has 3 amide bonds. The summed E-state index contributed by atoms with van der Waals surface area (Å²) < 4.78 is 10.7. The Bertz CT molecular complexity index is 913. The van der Waals surface area contributed by atoms with Crippen molar-refractivity contribution in [2.45, 2.75) is 31.8 Å². The van der Waals surface area contributed by atoms with Gasteiger partial charge in [0.1, 0.15) is 0 Å². The molecule has 8 nitrogen and oxygen atoms in total. The molecule has 164 valence electrons. The first-order valence-electron chi connectivity index (χ1n) is 10.7. The maximum Gasteiger partial charge on any atom is 0.289 e. The quantitative estimate of drug-likeness (QED) is 0.741. The lowest BCUT2D eigenvalue weighted by Crippen LogP contribution is -2.41. The molecule has 0 bridgehead atoms. The molecule has 4 rings (SSSR count). The fraction of sp³-hybridized carbons (Fsp3) is 0.435. The Morgan fingerprint density at radius 2 is 1.84 bits per heavy atom. The fourth-order valence-electron chi connectivity index (χ4n) is 4.03. The zero-order valence-corrected chi connectivity index (χ0v) is 17.3. The Hall–Kier alpha value is -3.13. The number of amides is 3. The average Bonchev–Trinajstić information content (AvgIpc) is 3.52. The summed E-state index contributed by atoms with van der Waals surface area (Å²) in [7, 11) is 0. The lowest BCUT2D eigenvalue weighted by atomic mass is 9.95. The summed E-state index contributed by atoms with van der Waals surface area (Å²) in [5.41, 5.74) is 0.922. The third kappa shape index (κ3) is 5.14. The second kappa shape index (κ2) is 9.78. The number of rotatable bonds is 6. The molecule has 1 aromatic heterocycles. The predicted molar refractivity (Wildman–Crippen MR) is 114 cm³/mol. The lowest BCUT2D eigenvalue weighted by molar-refractivity contribution is -0.121. The van der Waals surface area contributed by atoms with Crippen LogP contribution in [0.1, 0.15) is 46.6 Å². The van der Waals surface area contributed by atoms with Gasteiger partial charge in [-0.15, -0.1) is 0 Å². The van der Waals surface area contributed by atoms with E-state index >= 15 is 0 Å². The van der Waals surface area contributed by atoms with Crippen LogP contribution in [0.3, 0.4) is 0 Å². The van der Waals surface area contributed by atoms with Gasteiger partial charge in [-0.2, -0.15) is 0 Å². The standard InChI is InChI=1S/C23H27N3O5/c27-21(16-9-11-26(12-10-16)23(29)20-8-4-14-31-20)25-19-7-2-1-6-18(19)22(28)24-15-17-5-3-13-30-17/h1-2,4,6-8,14,16-17H,3,5,9-13,15H2,(H,24,28)(H,25,27). The molecule has 2 aliphatic heterocycles. The van der Waals surface area contributed by atoms with Gasteiger partial charge in [0.15, 0.2) is 5.76 Å². The van der Waals surface area contributed by atoms with Crippen LogP contribution >= 0.6 is 0 Å². The topological polar surface area (TPSA) is 101 Å². The van der Waals surface area contributed by atoms with Crippen LogP contribution in [-0.4, -0.2) is 55.0 Å². The third-order valence-electron chi connectivity index (χ3n) is 5.83. The highest BCUT2D eigenvalue weighted by atomic mass is 16.5. The smallest absolute Gasteiger partial charge is 0.289 e. The van der Waals surface area contributed by atoms with Crippen molar-refractivity contribution in [1.82, 2.24) is 10.2 Å². The van der Waals surface area contributed by atoms with Gasteiger partial charge in [0.05, 0.1) is 23.6 Å². The number of hydrogen-bond donors (Lipinski definition) is 2. The second-order valence-electron chi connectivity index (χ2n) is 7.92. The number of carbonyl (C=O) groups is 3. The van der Waals surface area contributed by atoms with Gasteiger partial charge in [0, 0.05) is 32.2 Å². The number of hydrogen-bond acceptors (Lipinski definition) is 5. The first-order chi connectivity index (χ1) is 15.1. The number of ether oxygens (including phenoxy) is 1. The molecule has 2 saturated heterocycles. The highest BCUT2D eigenvalue weighted by molar-refractivity contribution is 6.04. The summed E-state index contributed by atoms with van der Waals surface area (Å²) in [5, 5.41) is 5.81. The molecule has 1 aromatic carbocycles. The molecule has 31 heavy (non-hydrogen) atoms. The fourth-order valence-corrected chi connectivity index (χ4v) is 4.03. The zero-order chi connectivity index (χ0) is 21.6. The van der Waals surface area contributed by atoms with E-state index in [1.165, 1.54) is 6.26 Å². The number of furan rings is 1. The molecule has 2 N–H and O–H groups in total. The van der Waals surface area contributed by atoms with E-state index in [0.29, 0.717) is 49.5 Å². The highest BCUT2D eigenvalue weighted by Gasteiger charge is 2.29. The molecule has 1 atom stereocenters. The lowest BCUT2D eigenvalue weighted by Gasteiger charge is -2.30. The number of nitrogens with one attached hydrogen (secondary N) is 2. The number of carbonyl (C=O) groups excluding carboxylic acids is 3. The first-order valence-corrected chi connectivity index (χ1v) is 10.7. The normalized spacial score (nSPS) is 19.2. The van der Waals surface area contributed by atoms with Gasteiger partial charge in [-0.05, 0) is 49.9 Å². The summed E-state index contributed by atoms with van der Waals surface area (Å²) in [6.45, 7) is 2.17. The van der Waals surface area contributed by atoms with Crippen molar-refractivity contribution < 1.29 is 23.5 Å². The van der Waals surface area contributed by atoms with Crippen molar-refractivity contribution in [3.05, 3.63) is 54.0 Å². The number of nitrogens with zero attached hydrogens (tertiary/aromatic N) is 1. The van der Waals surface area contributed by atoms with Crippen LogP contribution < -0.4 is 10.6 Å². The molecular formula is C23H27N3O5. The van der Waals surface area contributed by atoms with E-state index in [1.807, 2.05) is 0 Å². The van der Waals surface area contributed by atoms with Crippen LogP contribution in [0.4, 0.5) is 5.69 Å². The van der Waals surface area contributed by atoms with Crippen LogP contribution in [0.2, 0.25) is 0 Å². The Balaban J connectivity index is 1.31. The Kier molecular flexibility index (Phi) is 6.66. The van der Waals surface area contributed by atoms with Crippen molar-refractivity contribution in [3.63, 3.8) is 0 Å². The van der Waals surface area contributed by atoms with Crippen LogP contribution in [0.15, 0.2) is 47.1 Å². The first kappa shape index (κ1) is 21.1. The van der Waals surface area contributed by atoms with E-state index in [1.54, 1.807) is 41.3 Å². The van der Waals surface area contributed by atoms with Gasteiger partial charge in [0.2, 0.25) is 5.91 Å². The minimum Gasteiger partial charge on any atom is -0.459 e. The maximum absolute atomic E-state index is 12.8. The van der Waals surface area contributed by atoms with Gasteiger partial charge in [0.25, 0.3) is 11.8 Å². The Labute approximate surface area is 180 Å². The van der Waals surface area contributed by atoms with Crippen molar-refractivity contribution in [2.24, 2.45) is 5.92 Å². The van der Waals surface area contributed by atoms with Gasteiger partial charge < -0.3 is 24.7 Å². The molecule has 2 aromatic rings. The van der Waals surface area contributed by atoms with Crippen LogP contribution in [0.25, 0.3) is 0 Å². The Morgan fingerprint density at radius 1 is 1.03 bits per heavy atom. The molecule has 8 heteroatoms. The van der Waals surface area contributed by atoms with Crippen molar-refractivity contribution in [1.29, 1.82) is 0 Å². The van der Waals surface area contributed by atoms with E-state index < -0.39 is 0 Å². The molecular weight excluding hydrogens is 398 g/mol. The maximum atomic E-state index is 12.8. The number of piperidine rings is 1. The third-order valence-corrected chi connectivity index (χ3v) is 5.83. The summed E-state index contributed by atoms with van der Waals surface area (Å²) >= 11 is 0. The summed E-state index contributed by atoms with van der Waals surface area (Å²) in [5.74, 6) is -0.429. The number of para-hydroxylation sites is 1. The van der Waals surface area contributed by atoms with Gasteiger partial charge in [-0.1, -0.05) is 12.1 Å². The minimum atomic E-state index is -0.231. The minimum absolute atomic E-state index is 0.0553. The van der Waals surface area contributed by atoms with E-state index in [2.05, 4.69) is 10.6 Å². The van der Waals surface area contributed by atoms with Gasteiger partial charge >= 0.3 is 0 Å². The largest absolute Gasteiger partial charge is 0.459 e. The van der Waals surface area contributed by atoms with Crippen molar-refractivity contribution in [2.75, 3.05) is 31.6 Å². The summed E-state index contributed by atoms with van der Waals surface area (Å²) in [6, 6.07) is 10.3. The van der Waals surface area contributed by atoms with Crippen molar-refractivity contribution in [3.8, 4) is 0 Å². The van der Waals surface area contributed by atoms with Gasteiger partial charge in [-0.3, -0.25) is 14.4 Å². The molecule has 0 aliphatic carbocycles. The molecule has 0 spiro atoms. The van der Waals surface area contributed by atoms with E-state index in [-0.39, 0.29) is 29.7 Å². The average molecular weight is 425 g/mol. The predicted octanol–water partition coefficient (Wildman–Crippen LogP) is 2.68. The van der Waals surface area contributed by atoms with E-state index in [0.717, 1.165) is 19.4 Å². The van der Waals surface area contributed by atoms with E-state index in [9.17, 15) is 14.4 Å². The molecule has 0 radical (unpaired) electrons. The van der Waals surface area contributed by atoms with Crippen LogP contribution in [0.5, 0.6) is 0 Å². The Morgan fingerprint density at radius 3 is 2.55 bits per heavy atom. The summed E-state index contributed by atoms with van der Waals surface area (Å²) in [4.78, 5) is 39.6. The SMILES string of the molecule is O=C(NCC1CCCO1)c1ccccc1NC(=O)C1CCN(C(=O)c2ccco2)CC1. The molecule has 3 heterocycles. The van der Waals surface area contributed by atoms with Crippen LogP contribution in [-0.2, 0) is 9.53 Å². The summed E-state index contributed by atoms with van der Waals surface area (Å²) in [6.07, 6.45) is 4.61.